The van der Waals surface area contributed by atoms with E-state index < -0.39 is 0 Å². The van der Waals surface area contributed by atoms with Crippen molar-refractivity contribution >= 4 is 57.7 Å². The lowest BCUT2D eigenvalue weighted by Gasteiger charge is -2.36. The SMILES string of the molecule is O=C(CSc1nc2cc(Cl)ccc2o1)Nc1ccc(N2CCN(C(=O)c3ccc(F)cc3)CC2)cc1. The number of carbonyl (C=O) groups is 2. The second-order valence-corrected chi connectivity index (χ2v) is 9.62. The number of amides is 2. The zero-order valence-corrected chi connectivity index (χ0v) is 20.7. The topological polar surface area (TPSA) is 78.7 Å². The summed E-state index contributed by atoms with van der Waals surface area (Å²) in [5.74, 6) is -0.455. The number of benzene rings is 3. The Labute approximate surface area is 216 Å². The van der Waals surface area contributed by atoms with Gasteiger partial charge in [0.25, 0.3) is 11.1 Å². The number of halogens is 2. The van der Waals surface area contributed by atoms with E-state index in [2.05, 4.69) is 15.2 Å². The van der Waals surface area contributed by atoms with Gasteiger partial charge < -0.3 is 19.5 Å². The average molecular weight is 525 g/mol. The van der Waals surface area contributed by atoms with Gasteiger partial charge in [-0.25, -0.2) is 9.37 Å². The maximum atomic E-state index is 13.1. The first-order chi connectivity index (χ1) is 17.4. The van der Waals surface area contributed by atoms with Crippen LogP contribution in [-0.2, 0) is 4.79 Å². The highest BCUT2D eigenvalue weighted by atomic mass is 35.5. The second-order valence-electron chi connectivity index (χ2n) is 8.26. The summed E-state index contributed by atoms with van der Waals surface area (Å²) in [5, 5.41) is 3.87. The van der Waals surface area contributed by atoms with Gasteiger partial charge in [0, 0.05) is 48.1 Å². The number of rotatable bonds is 6. The zero-order chi connectivity index (χ0) is 25.1. The molecule has 7 nitrogen and oxygen atoms in total. The van der Waals surface area contributed by atoms with Crippen LogP contribution < -0.4 is 10.2 Å². The van der Waals surface area contributed by atoms with Gasteiger partial charge in [0.1, 0.15) is 11.3 Å². The minimum atomic E-state index is -0.358. The summed E-state index contributed by atoms with van der Waals surface area (Å²) in [4.78, 5) is 33.3. The maximum Gasteiger partial charge on any atom is 0.257 e. The molecule has 0 unspecified atom stereocenters. The van der Waals surface area contributed by atoms with Crippen molar-refractivity contribution in [3.63, 3.8) is 0 Å². The third-order valence-corrected chi connectivity index (χ3v) is 6.89. The third-order valence-electron chi connectivity index (χ3n) is 5.83. The summed E-state index contributed by atoms with van der Waals surface area (Å²) in [6.45, 7) is 2.53. The first-order valence-corrected chi connectivity index (χ1v) is 12.7. The number of oxazole rings is 1. The van der Waals surface area contributed by atoms with Crippen molar-refractivity contribution in [2.75, 3.05) is 42.1 Å². The van der Waals surface area contributed by atoms with Gasteiger partial charge in [-0.3, -0.25) is 9.59 Å². The van der Waals surface area contributed by atoms with Gasteiger partial charge in [0.15, 0.2) is 5.58 Å². The Morgan fingerprint density at radius 3 is 2.44 bits per heavy atom. The van der Waals surface area contributed by atoms with E-state index in [4.69, 9.17) is 16.0 Å². The molecular weight excluding hydrogens is 503 g/mol. The Morgan fingerprint density at radius 2 is 1.72 bits per heavy atom. The van der Waals surface area contributed by atoms with Crippen LogP contribution in [0.4, 0.5) is 15.8 Å². The normalized spacial score (nSPS) is 13.7. The first-order valence-electron chi connectivity index (χ1n) is 11.3. The molecular formula is C26H22ClFN4O3S. The standard InChI is InChI=1S/C26H22ClFN4O3S/c27-18-3-10-23-22(15-18)30-26(35-23)36-16-24(33)29-20-6-8-21(9-7-20)31-11-13-32(14-12-31)25(34)17-1-4-19(28)5-2-17/h1-10,15H,11-14,16H2,(H,29,33). The van der Waals surface area contributed by atoms with Gasteiger partial charge in [-0.1, -0.05) is 23.4 Å². The van der Waals surface area contributed by atoms with Crippen molar-refractivity contribution < 1.29 is 18.4 Å². The number of hydrogen-bond donors (Lipinski definition) is 1. The van der Waals surface area contributed by atoms with Crippen molar-refractivity contribution in [2.24, 2.45) is 0 Å². The Bertz CT molecular complexity index is 1390. The van der Waals surface area contributed by atoms with Crippen molar-refractivity contribution in [1.29, 1.82) is 0 Å². The van der Waals surface area contributed by atoms with E-state index >= 15 is 0 Å². The number of nitrogens with one attached hydrogen (secondary N) is 1. The number of aromatic nitrogens is 1. The largest absolute Gasteiger partial charge is 0.431 e. The van der Waals surface area contributed by atoms with Gasteiger partial charge in [-0.2, -0.15) is 0 Å². The molecule has 1 aromatic heterocycles. The Morgan fingerprint density at radius 1 is 1.00 bits per heavy atom. The van der Waals surface area contributed by atoms with Crippen LogP contribution in [0, 0.1) is 5.82 Å². The molecule has 1 aliphatic rings. The van der Waals surface area contributed by atoms with E-state index in [1.165, 1.54) is 36.0 Å². The van der Waals surface area contributed by atoms with Crippen molar-refractivity contribution in [3.8, 4) is 0 Å². The molecule has 1 N–H and O–H groups in total. The van der Waals surface area contributed by atoms with Crippen LogP contribution in [-0.4, -0.2) is 53.6 Å². The number of fused-ring (bicyclic) bond motifs is 1. The van der Waals surface area contributed by atoms with E-state index in [1.54, 1.807) is 23.1 Å². The molecule has 10 heteroatoms. The molecule has 0 atom stereocenters. The smallest absolute Gasteiger partial charge is 0.257 e. The number of nitrogens with zero attached hydrogens (tertiary/aromatic N) is 3. The quantitative estimate of drug-likeness (QED) is 0.344. The monoisotopic (exact) mass is 524 g/mol. The lowest BCUT2D eigenvalue weighted by molar-refractivity contribution is -0.113. The summed E-state index contributed by atoms with van der Waals surface area (Å²) >= 11 is 7.19. The molecule has 0 spiro atoms. The van der Waals surface area contributed by atoms with Gasteiger partial charge in [0.2, 0.25) is 5.91 Å². The minimum Gasteiger partial charge on any atom is -0.431 e. The Hall–Kier alpha value is -3.56. The molecule has 1 aliphatic heterocycles. The number of piperazine rings is 1. The van der Waals surface area contributed by atoms with Gasteiger partial charge in [0.05, 0.1) is 5.75 Å². The molecule has 1 saturated heterocycles. The van der Waals surface area contributed by atoms with Crippen LogP contribution in [0.1, 0.15) is 10.4 Å². The predicted molar refractivity (Wildman–Crippen MR) is 139 cm³/mol. The summed E-state index contributed by atoms with van der Waals surface area (Å²) in [7, 11) is 0. The van der Waals surface area contributed by atoms with Crippen LogP contribution in [0.15, 0.2) is 76.4 Å². The average Bonchev–Trinajstić information content (AvgIpc) is 3.30. The molecule has 36 heavy (non-hydrogen) atoms. The van der Waals surface area contributed by atoms with E-state index in [1.807, 2.05) is 24.3 Å². The minimum absolute atomic E-state index is 0.0905. The Kier molecular flexibility index (Phi) is 7.11. The highest BCUT2D eigenvalue weighted by Gasteiger charge is 2.22. The molecule has 0 radical (unpaired) electrons. The maximum absolute atomic E-state index is 13.1. The van der Waals surface area contributed by atoms with E-state index in [-0.39, 0.29) is 23.4 Å². The summed E-state index contributed by atoms with van der Waals surface area (Å²) in [5.41, 5.74) is 3.48. The highest BCUT2D eigenvalue weighted by Crippen LogP contribution is 2.26. The molecule has 0 bridgehead atoms. The predicted octanol–water partition coefficient (Wildman–Crippen LogP) is 5.31. The fraction of sp³-hybridized carbons (Fsp3) is 0.192. The fourth-order valence-corrected chi connectivity index (χ4v) is 4.77. The first kappa shape index (κ1) is 24.1. The van der Waals surface area contributed by atoms with Gasteiger partial charge in [-0.15, -0.1) is 0 Å². The molecule has 2 amide bonds. The molecule has 4 aromatic rings. The summed E-state index contributed by atoms with van der Waals surface area (Å²) < 4.78 is 18.7. The lowest BCUT2D eigenvalue weighted by Crippen LogP contribution is -2.48. The zero-order valence-electron chi connectivity index (χ0n) is 19.1. The molecule has 0 aliphatic carbocycles. The van der Waals surface area contributed by atoms with Crippen molar-refractivity contribution in [1.82, 2.24) is 9.88 Å². The lowest BCUT2D eigenvalue weighted by atomic mass is 10.1. The van der Waals surface area contributed by atoms with E-state index in [9.17, 15) is 14.0 Å². The highest BCUT2D eigenvalue weighted by molar-refractivity contribution is 7.99. The van der Waals surface area contributed by atoms with Crippen LogP contribution in [0.3, 0.4) is 0 Å². The van der Waals surface area contributed by atoms with Crippen molar-refractivity contribution in [2.45, 2.75) is 5.22 Å². The second kappa shape index (κ2) is 10.6. The molecule has 3 aromatic carbocycles. The van der Waals surface area contributed by atoms with Gasteiger partial charge >= 0.3 is 0 Å². The summed E-state index contributed by atoms with van der Waals surface area (Å²) in [6.07, 6.45) is 0. The molecule has 184 valence electrons. The van der Waals surface area contributed by atoms with Crippen LogP contribution in [0.25, 0.3) is 11.1 Å². The van der Waals surface area contributed by atoms with Crippen molar-refractivity contribution in [3.05, 3.63) is 83.1 Å². The molecule has 1 fully saturated rings. The van der Waals surface area contributed by atoms with Crippen LogP contribution in [0.2, 0.25) is 5.02 Å². The number of carbonyl (C=O) groups excluding carboxylic acids is 2. The number of thioether (sulfide) groups is 1. The summed E-state index contributed by atoms with van der Waals surface area (Å²) in [6, 6.07) is 18.4. The molecule has 0 saturated carbocycles. The fourth-order valence-electron chi connectivity index (χ4n) is 3.96. The number of hydrogen-bond acceptors (Lipinski definition) is 6. The van der Waals surface area contributed by atoms with E-state index in [0.717, 1.165) is 5.69 Å². The molecule has 5 rings (SSSR count). The van der Waals surface area contributed by atoms with Crippen LogP contribution in [0.5, 0.6) is 0 Å². The Balaban J connectivity index is 1.10. The van der Waals surface area contributed by atoms with Crippen LogP contribution >= 0.6 is 23.4 Å². The third kappa shape index (κ3) is 5.63. The molecule has 2 heterocycles. The van der Waals surface area contributed by atoms with Gasteiger partial charge in [-0.05, 0) is 66.7 Å². The van der Waals surface area contributed by atoms with E-state index in [0.29, 0.717) is 58.8 Å². The number of anilines is 2.